The van der Waals surface area contributed by atoms with E-state index in [-0.39, 0.29) is 30.7 Å². The van der Waals surface area contributed by atoms with E-state index >= 15 is 0 Å². The molecule has 0 heterocycles. The second kappa shape index (κ2) is 12.8. The molecule has 8 heteroatoms. The number of carbonyl (C=O) groups is 3. The number of rotatable bonds is 10. The average Bonchev–Trinajstić information content (AvgIpc) is 2.87. The molecular formula is C27H28N2O6. The number of hydrogen-bond acceptors (Lipinski definition) is 6. The summed E-state index contributed by atoms with van der Waals surface area (Å²) in [6, 6.07) is 21.1. The predicted octanol–water partition coefficient (Wildman–Crippen LogP) is 4.73. The van der Waals surface area contributed by atoms with Crippen LogP contribution >= 0.6 is 0 Å². The summed E-state index contributed by atoms with van der Waals surface area (Å²) in [6.45, 7) is 2.12. The lowest BCUT2D eigenvalue weighted by Gasteiger charge is -2.12. The maximum absolute atomic E-state index is 12.6. The van der Waals surface area contributed by atoms with Crippen molar-refractivity contribution in [2.45, 2.75) is 26.3 Å². The predicted molar refractivity (Wildman–Crippen MR) is 132 cm³/mol. The topological polar surface area (TPSA) is 103 Å². The summed E-state index contributed by atoms with van der Waals surface area (Å²) < 4.78 is 14.9. The summed E-state index contributed by atoms with van der Waals surface area (Å²) in [5.41, 5.74) is 2.87. The normalized spacial score (nSPS) is 10.2. The lowest BCUT2D eigenvalue weighted by atomic mass is 10.1. The summed E-state index contributed by atoms with van der Waals surface area (Å²) in [6.07, 6.45) is 0.130. The third-order valence-electron chi connectivity index (χ3n) is 5.11. The zero-order valence-electron chi connectivity index (χ0n) is 19.7. The van der Waals surface area contributed by atoms with Gasteiger partial charge >= 0.3 is 6.16 Å². The molecule has 0 saturated carbocycles. The Bertz CT molecular complexity index is 1140. The van der Waals surface area contributed by atoms with E-state index in [2.05, 4.69) is 10.6 Å². The number of amides is 2. The number of anilines is 1. The van der Waals surface area contributed by atoms with Crippen molar-refractivity contribution in [1.29, 1.82) is 0 Å². The Morgan fingerprint density at radius 3 is 2.23 bits per heavy atom. The van der Waals surface area contributed by atoms with E-state index in [1.54, 1.807) is 32.2 Å². The van der Waals surface area contributed by atoms with E-state index in [1.165, 1.54) is 12.1 Å². The molecule has 0 aliphatic rings. The summed E-state index contributed by atoms with van der Waals surface area (Å²) in [5, 5.41) is 5.77. The van der Waals surface area contributed by atoms with E-state index in [9.17, 15) is 14.4 Å². The number of benzene rings is 3. The quantitative estimate of drug-likeness (QED) is 0.324. The molecule has 35 heavy (non-hydrogen) atoms. The highest BCUT2D eigenvalue weighted by Crippen LogP contribution is 2.18. The molecule has 0 atom stereocenters. The van der Waals surface area contributed by atoms with Crippen molar-refractivity contribution in [3.8, 4) is 11.5 Å². The Morgan fingerprint density at radius 1 is 0.857 bits per heavy atom. The van der Waals surface area contributed by atoms with Crippen LogP contribution in [0.4, 0.5) is 10.5 Å². The van der Waals surface area contributed by atoms with Gasteiger partial charge in [0.25, 0.3) is 5.91 Å². The fourth-order valence-electron chi connectivity index (χ4n) is 3.25. The first-order valence-corrected chi connectivity index (χ1v) is 11.2. The molecule has 0 unspecified atom stereocenters. The molecule has 182 valence electrons. The highest BCUT2D eigenvalue weighted by Gasteiger charge is 2.11. The maximum Gasteiger partial charge on any atom is 0.513 e. The minimum absolute atomic E-state index is 0.114. The van der Waals surface area contributed by atoms with Gasteiger partial charge in [-0.05, 0) is 66.9 Å². The second-order valence-corrected chi connectivity index (χ2v) is 7.55. The van der Waals surface area contributed by atoms with Crippen LogP contribution in [-0.2, 0) is 22.5 Å². The van der Waals surface area contributed by atoms with E-state index in [0.717, 1.165) is 16.9 Å². The van der Waals surface area contributed by atoms with Gasteiger partial charge in [-0.15, -0.1) is 0 Å². The van der Waals surface area contributed by atoms with Gasteiger partial charge in [-0.2, -0.15) is 0 Å². The van der Waals surface area contributed by atoms with Gasteiger partial charge in [0.15, 0.2) is 0 Å². The Hall–Kier alpha value is -4.33. The van der Waals surface area contributed by atoms with Crippen LogP contribution in [0.5, 0.6) is 11.5 Å². The SMILES string of the molecule is CCOC(=O)Oc1ccc(C(=O)NCc2ccccc2NC(=O)CCc2ccc(OC)cc2)cc1. The minimum atomic E-state index is -0.799. The highest BCUT2D eigenvalue weighted by atomic mass is 16.7. The smallest absolute Gasteiger partial charge is 0.497 e. The largest absolute Gasteiger partial charge is 0.513 e. The third-order valence-corrected chi connectivity index (χ3v) is 5.11. The van der Waals surface area contributed by atoms with Crippen molar-refractivity contribution in [3.63, 3.8) is 0 Å². The number of carbonyl (C=O) groups excluding carboxylic acids is 3. The van der Waals surface area contributed by atoms with Crippen LogP contribution in [0.3, 0.4) is 0 Å². The van der Waals surface area contributed by atoms with Gasteiger partial charge in [0, 0.05) is 24.2 Å². The molecule has 3 aromatic carbocycles. The molecule has 3 rings (SSSR count). The average molecular weight is 477 g/mol. The van der Waals surface area contributed by atoms with Crippen LogP contribution in [0, 0.1) is 0 Å². The third kappa shape index (κ3) is 7.89. The zero-order valence-corrected chi connectivity index (χ0v) is 19.7. The molecule has 2 amide bonds. The van der Waals surface area contributed by atoms with Crippen LogP contribution in [0.15, 0.2) is 72.8 Å². The Kier molecular flexibility index (Phi) is 9.24. The Morgan fingerprint density at radius 2 is 1.54 bits per heavy atom. The molecule has 8 nitrogen and oxygen atoms in total. The van der Waals surface area contributed by atoms with Gasteiger partial charge in [-0.25, -0.2) is 4.79 Å². The molecule has 0 radical (unpaired) electrons. The molecule has 0 spiro atoms. The lowest BCUT2D eigenvalue weighted by molar-refractivity contribution is -0.116. The molecule has 0 aromatic heterocycles. The number of nitrogens with one attached hydrogen (secondary N) is 2. The highest BCUT2D eigenvalue weighted by molar-refractivity contribution is 5.95. The molecule has 0 aliphatic carbocycles. The molecule has 2 N–H and O–H groups in total. The van der Waals surface area contributed by atoms with Crippen LogP contribution in [-0.4, -0.2) is 31.7 Å². The fraction of sp³-hybridized carbons (Fsp3) is 0.222. The van der Waals surface area contributed by atoms with Crippen molar-refractivity contribution in [2.75, 3.05) is 19.0 Å². The van der Waals surface area contributed by atoms with Gasteiger partial charge < -0.3 is 24.8 Å². The molecular weight excluding hydrogens is 448 g/mol. The van der Waals surface area contributed by atoms with Gasteiger partial charge in [0.2, 0.25) is 5.91 Å². The zero-order chi connectivity index (χ0) is 25.0. The number of aryl methyl sites for hydroxylation is 1. The maximum atomic E-state index is 12.6. The first-order valence-electron chi connectivity index (χ1n) is 11.2. The second-order valence-electron chi connectivity index (χ2n) is 7.55. The molecule has 0 aliphatic heterocycles. The fourth-order valence-corrected chi connectivity index (χ4v) is 3.25. The summed E-state index contributed by atoms with van der Waals surface area (Å²) in [4.78, 5) is 36.4. The van der Waals surface area contributed by atoms with Crippen LogP contribution < -0.4 is 20.1 Å². The van der Waals surface area contributed by atoms with Crippen molar-refractivity contribution in [1.82, 2.24) is 5.32 Å². The van der Waals surface area contributed by atoms with Crippen molar-refractivity contribution in [3.05, 3.63) is 89.5 Å². The van der Waals surface area contributed by atoms with Crippen molar-refractivity contribution >= 4 is 23.7 Å². The number of methoxy groups -OCH3 is 1. The number of para-hydroxylation sites is 1. The van der Waals surface area contributed by atoms with E-state index in [1.807, 2.05) is 42.5 Å². The summed E-state index contributed by atoms with van der Waals surface area (Å²) in [7, 11) is 1.61. The van der Waals surface area contributed by atoms with E-state index in [0.29, 0.717) is 24.1 Å². The molecule has 3 aromatic rings. The first kappa shape index (κ1) is 25.3. The van der Waals surface area contributed by atoms with Gasteiger partial charge in [0.1, 0.15) is 11.5 Å². The van der Waals surface area contributed by atoms with Crippen molar-refractivity contribution in [2.24, 2.45) is 0 Å². The van der Waals surface area contributed by atoms with Crippen LogP contribution in [0.1, 0.15) is 34.8 Å². The van der Waals surface area contributed by atoms with Gasteiger partial charge in [0.05, 0.1) is 13.7 Å². The lowest BCUT2D eigenvalue weighted by Crippen LogP contribution is -2.24. The van der Waals surface area contributed by atoms with Gasteiger partial charge in [-0.3, -0.25) is 9.59 Å². The van der Waals surface area contributed by atoms with Crippen LogP contribution in [0.25, 0.3) is 0 Å². The molecule has 0 fully saturated rings. The monoisotopic (exact) mass is 476 g/mol. The van der Waals surface area contributed by atoms with E-state index in [4.69, 9.17) is 14.2 Å². The Balaban J connectivity index is 1.52. The standard InChI is InChI=1S/C27H28N2O6/c1-3-34-27(32)35-23-15-11-20(12-16-23)26(31)28-18-21-6-4-5-7-24(21)29-25(30)17-10-19-8-13-22(33-2)14-9-19/h4-9,11-16H,3,10,17-18H2,1-2H3,(H,28,31)(H,29,30). The number of hydrogen-bond donors (Lipinski definition) is 2. The molecule has 0 bridgehead atoms. The summed E-state index contributed by atoms with van der Waals surface area (Å²) >= 11 is 0. The van der Waals surface area contributed by atoms with E-state index < -0.39 is 6.16 Å². The van der Waals surface area contributed by atoms with Gasteiger partial charge in [-0.1, -0.05) is 30.3 Å². The minimum Gasteiger partial charge on any atom is -0.497 e. The van der Waals surface area contributed by atoms with Crippen molar-refractivity contribution < 1.29 is 28.6 Å². The first-order chi connectivity index (χ1) is 17.0. The summed E-state index contributed by atoms with van der Waals surface area (Å²) in [5.74, 6) is 0.642. The Labute approximate surface area is 204 Å². The molecule has 0 saturated heterocycles. The number of ether oxygens (including phenoxy) is 3. The van der Waals surface area contributed by atoms with Crippen LogP contribution in [0.2, 0.25) is 0 Å².